The van der Waals surface area contributed by atoms with Crippen LogP contribution in [0.25, 0.3) is 0 Å². The highest BCUT2D eigenvalue weighted by Gasteiger charge is 2.30. The Morgan fingerprint density at radius 1 is 0.538 bits per heavy atom. The molecule has 0 aliphatic carbocycles. The second-order valence-electron chi connectivity index (χ2n) is 11.8. The molecule has 0 bridgehead atoms. The first kappa shape index (κ1) is 39.9. The molecule has 4 rings (SSSR count). The summed E-state index contributed by atoms with van der Waals surface area (Å²) >= 11 is 0. The third-order valence-corrected chi connectivity index (χ3v) is 9.05. The Morgan fingerprint density at radius 3 is 1.19 bits per heavy atom. The van der Waals surface area contributed by atoms with E-state index >= 15 is 0 Å². The molecule has 0 saturated heterocycles. The lowest BCUT2D eigenvalue weighted by Gasteiger charge is -2.25. The van der Waals surface area contributed by atoms with Crippen molar-refractivity contribution in [2.45, 2.75) is 24.9 Å². The molecule has 4 aromatic rings. The van der Waals surface area contributed by atoms with Crippen LogP contribution in [0.5, 0.6) is 34.5 Å². The Bertz CT molecular complexity index is 1870. The van der Waals surface area contributed by atoms with Gasteiger partial charge in [-0.05, 0) is 47.5 Å². The molecule has 2 unspecified atom stereocenters. The van der Waals surface area contributed by atoms with E-state index in [0.29, 0.717) is 47.2 Å². The fourth-order valence-electron chi connectivity index (χ4n) is 5.57. The molecule has 0 aliphatic heterocycles. The van der Waals surface area contributed by atoms with Crippen LogP contribution in [-0.2, 0) is 38.1 Å². The highest BCUT2D eigenvalue weighted by Crippen LogP contribution is 2.31. The third-order valence-electron chi connectivity index (χ3n) is 8.06. The Labute approximate surface area is 305 Å². The average molecular weight is 757 g/mol. The van der Waals surface area contributed by atoms with Crippen molar-refractivity contribution in [3.8, 4) is 34.5 Å². The fourth-order valence-corrected chi connectivity index (χ4v) is 6.49. The predicted molar refractivity (Wildman–Crippen MR) is 197 cm³/mol. The first-order valence-corrected chi connectivity index (χ1v) is 19.7. The molecule has 15 heteroatoms. The van der Waals surface area contributed by atoms with Crippen molar-refractivity contribution >= 4 is 26.0 Å². The van der Waals surface area contributed by atoms with E-state index in [9.17, 15) is 21.6 Å². The smallest absolute Gasteiger partial charge is 0.306 e. The summed E-state index contributed by atoms with van der Waals surface area (Å²) < 4.78 is 78.8. The van der Waals surface area contributed by atoms with E-state index < -0.39 is 32.1 Å². The van der Waals surface area contributed by atoms with Crippen LogP contribution in [-0.4, -0.2) is 76.7 Å². The molecule has 0 radical (unpaired) electrons. The summed E-state index contributed by atoms with van der Waals surface area (Å²) in [6.45, 7) is 1.14. The maximum Gasteiger partial charge on any atom is 0.306 e. The molecule has 280 valence electrons. The normalized spacial score (nSPS) is 12.7. The first-order valence-electron chi connectivity index (χ1n) is 16.1. The van der Waals surface area contributed by atoms with Crippen molar-refractivity contribution in [3.63, 3.8) is 0 Å². The Balaban J connectivity index is 1.67. The zero-order valence-corrected chi connectivity index (χ0v) is 31.5. The van der Waals surface area contributed by atoms with Crippen LogP contribution in [0, 0.1) is 0 Å². The van der Waals surface area contributed by atoms with Crippen molar-refractivity contribution in [3.05, 3.63) is 107 Å². The first-order chi connectivity index (χ1) is 24.7. The predicted octanol–water partition coefficient (Wildman–Crippen LogP) is 4.41. The summed E-state index contributed by atoms with van der Waals surface area (Å²) in [5.41, 5.74) is 2.94. The molecule has 13 nitrogen and oxygen atoms in total. The van der Waals surface area contributed by atoms with Gasteiger partial charge in [0.15, 0.2) is 0 Å². The SMILES string of the molecule is COc1ccc(CNCC(C(=O)C(CNCc2ccc(OC)cc2OC)c2ccc(OS(C)(=O)=O)cc2)c2ccc(OS(C)(=O)=O)cc2)c(OC)c1. The Morgan fingerprint density at radius 2 is 0.885 bits per heavy atom. The zero-order valence-electron chi connectivity index (χ0n) is 29.9. The number of Topliss-reactive ketones (excluding diaryl/α,β-unsaturated/α-hetero) is 1. The van der Waals surface area contributed by atoms with E-state index in [0.717, 1.165) is 23.6 Å². The largest absolute Gasteiger partial charge is 0.497 e. The summed E-state index contributed by atoms with van der Waals surface area (Å²) in [5, 5.41) is 6.78. The van der Waals surface area contributed by atoms with Gasteiger partial charge in [-0.3, -0.25) is 4.79 Å². The van der Waals surface area contributed by atoms with Crippen LogP contribution in [0.3, 0.4) is 0 Å². The van der Waals surface area contributed by atoms with Crippen LogP contribution in [0.4, 0.5) is 0 Å². The fraction of sp³-hybridized carbons (Fsp3) is 0.324. The van der Waals surface area contributed by atoms with Gasteiger partial charge in [0.25, 0.3) is 0 Å². The number of benzene rings is 4. The number of methoxy groups -OCH3 is 4. The molecular formula is C37H44N2O11S2. The lowest BCUT2D eigenvalue weighted by Crippen LogP contribution is -2.34. The van der Waals surface area contributed by atoms with Gasteiger partial charge in [-0.1, -0.05) is 36.4 Å². The minimum absolute atomic E-state index is 0.112. The third kappa shape index (κ3) is 11.6. The van der Waals surface area contributed by atoms with E-state index in [1.165, 1.54) is 24.3 Å². The van der Waals surface area contributed by atoms with Gasteiger partial charge in [0.05, 0.1) is 52.8 Å². The molecule has 4 aromatic carbocycles. The monoisotopic (exact) mass is 756 g/mol. The Kier molecular flexibility index (Phi) is 13.9. The number of rotatable bonds is 20. The van der Waals surface area contributed by atoms with Crippen LogP contribution < -0.4 is 37.9 Å². The van der Waals surface area contributed by atoms with Gasteiger partial charge >= 0.3 is 20.2 Å². The van der Waals surface area contributed by atoms with Crippen molar-refractivity contribution in [2.24, 2.45) is 0 Å². The van der Waals surface area contributed by atoms with Gasteiger partial charge in [-0.15, -0.1) is 0 Å². The quantitative estimate of drug-likeness (QED) is 0.122. The van der Waals surface area contributed by atoms with Gasteiger partial charge in [-0.25, -0.2) is 0 Å². The van der Waals surface area contributed by atoms with Crippen LogP contribution in [0.1, 0.15) is 34.1 Å². The number of ether oxygens (including phenoxy) is 4. The van der Waals surface area contributed by atoms with Gasteiger partial charge < -0.3 is 37.9 Å². The van der Waals surface area contributed by atoms with Crippen LogP contribution in [0.15, 0.2) is 84.9 Å². The second-order valence-corrected chi connectivity index (χ2v) is 15.0. The van der Waals surface area contributed by atoms with E-state index in [4.69, 9.17) is 27.3 Å². The number of hydrogen-bond acceptors (Lipinski definition) is 13. The van der Waals surface area contributed by atoms with Crippen molar-refractivity contribution < 1.29 is 48.9 Å². The van der Waals surface area contributed by atoms with Gasteiger partial charge in [0.2, 0.25) is 0 Å². The summed E-state index contributed by atoms with van der Waals surface area (Å²) in [5.74, 6) is 1.15. The average Bonchev–Trinajstić information content (AvgIpc) is 3.11. The van der Waals surface area contributed by atoms with Gasteiger partial charge in [0.1, 0.15) is 40.3 Å². The minimum atomic E-state index is -3.76. The Hall–Kier alpha value is -4.83. The van der Waals surface area contributed by atoms with Gasteiger partial charge in [0, 0.05) is 49.4 Å². The topological polar surface area (TPSA) is 165 Å². The molecular weight excluding hydrogens is 713 g/mol. The summed E-state index contributed by atoms with van der Waals surface area (Å²) in [4.78, 5) is 14.8. The van der Waals surface area contributed by atoms with Crippen LogP contribution in [0.2, 0.25) is 0 Å². The molecule has 0 spiro atoms. The van der Waals surface area contributed by atoms with Crippen molar-refractivity contribution in [2.75, 3.05) is 54.0 Å². The number of nitrogens with one attached hydrogen (secondary N) is 2. The number of carbonyl (C=O) groups excluding carboxylic acids is 1. The molecule has 0 aliphatic rings. The van der Waals surface area contributed by atoms with E-state index in [-0.39, 0.29) is 30.4 Å². The molecule has 2 atom stereocenters. The summed E-state index contributed by atoms with van der Waals surface area (Å²) in [7, 11) is -1.25. The summed E-state index contributed by atoms with van der Waals surface area (Å²) in [6, 6.07) is 23.6. The maximum absolute atomic E-state index is 14.8. The van der Waals surface area contributed by atoms with Crippen LogP contribution >= 0.6 is 0 Å². The lowest BCUT2D eigenvalue weighted by molar-refractivity contribution is -0.121. The summed E-state index contributed by atoms with van der Waals surface area (Å²) in [6.07, 6.45) is 1.91. The molecule has 0 saturated carbocycles. The van der Waals surface area contributed by atoms with E-state index in [2.05, 4.69) is 10.6 Å². The number of ketones is 1. The van der Waals surface area contributed by atoms with E-state index in [1.807, 2.05) is 24.3 Å². The van der Waals surface area contributed by atoms with Crippen molar-refractivity contribution in [1.82, 2.24) is 10.6 Å². The molecule has 52 heavy (non-hydrogen) atoms. The molecule has 0 aromatic heterocycles. The standard InChI is InChI=1S/C37H44N2O11S2/c1-45-31-17-11-27(35(19-31)47-3)21-38-23-33(25-7-13-29(14-8-25)49-51(5,41)42)37(40)34(26-9-15-30(16-10-26)50-52(6,43)44)24-39-22-28-12-18-32(46-2)20-36(28)48-4/h7-20,33-34,38-39H,21-24H2,1-6H3. The molecule has 0 fully saturated rings. The zero-order chi connectivity index (χ0) is 37.9. The number of carbonyl (C=O) groups is 1. The number of hydrogen-bond donors (Lipinski definition) is 2. The molecule has 2 N–H and O–H groups in total. The highest BCUT2D eigenvalue weighted by molar-refractivity contribution is 7.86. The molecule has 0 heterocycles. The maximum atomic E-state index is 14.8. The lowest BCUT2D eigenvalue weighted by atomic mass is 9.83. The molecule has 0 amide bonds. The van der Waals surface area contributed by atoms with Gasteiger partial charge in [-0.2, -0.15) is 16.8 Å². The van der Waals surface area contributed by atoms with E-state index in [1.54, 1.807) is 64.8 Å². The van der Waals surface area contributed by atoms with Crippen molar-refractivity contribution in [1.29, 1.82) is 0 Å². The minimum Gasteiger partial charge on any atom is -0.497 e. The highest BCUT2D eigenvalue weighted by atomic mass is 32.2. The second kappa shape index (κ2) is 18.1.